The van der Waals surface area contributed by atoms with Gasteiger partial charge in [-0.05, 0) is 41.2 Å². The van der Waals surface area contributed by atoms with Gasteiger partial charge in [0.15, 0.2) is 0 Å². The quantitative estimate of drug-likeness (QED) is 0.894. The molecule has 0 aromatic heterocycles. The smallest absolute Gasteiger partial charge is 0.228 e. The summed E-state index contributed by atoms with van der Waals surface area (Å²) < 4.78 is 13.6. The number of hydrogen-bond acceptors (Lipinski definition) is 2. The van der Waals surface area contributed by atoms with Gasteiger partial charge in [-0.15, -0.1) is 12.4 Å². The molecule has 0 saturated heterocycles. The second-order valence-electron chi connectivity index (χ2n) is 3.58. The van der Waals surface area contributed by atoms with Crippen molar-refractivity contribution in [3.05, 3.63) is 28.5 Å². The fourth-order valence-corrected chi connectivity index (χ4v) is 1.48. The van der Waals surface area contributed by atoms with E-state index >= 15 is 0 Å². The summed E-state index contributed by atoms with van der Waals surface area (Å²) in [6.07, 6.45) is 0. The van der Waals surface area contributed by atoms with Crippen molar-refractivity contribution in [3.63, 3.8) is 0 Å². The molecule has 0 radical (unpaired) electrons. The van der Waals surface area contributed by atoms with Gasteiger partial charge in [0.25, 0.3) is 0 Å². The summed E-state index contributed by atoms with van der Waals surface area (Å²) in [5, 5.41) is 5.57. The van der Waals surface area contributed by atoms with Crippen LogP contribution in [0.3, 0.4) is 0 Å². The Kier molecular flexibility index (Phi) is 7.34. The Labute approximate surface area is 115 Å². The van der Waals surface area contributed by atoms with Gasteiger partial charge < -0.3 is 10.6 Å². The molecular weight excluding hydrogens is 310 g/mol. The van der Waals surface area contributed by atoms with Crippen molar-refractivity contribution >= 4 is 39.9 Å². The molecule has 0 aliphatic carbocycles. The number of rotatable bonds is 4. The van der Waals surface area contributed by atoms with Gasteiger partial charge in [0.1, 0.15) is 5.82 Å². The number of carbonyl (C=O) groups excluding carboxylic acids is 1. The molecule has 0 saturated carbocycles. The monoisotopic (exact) mass is 324 g/mol. The highest BCUT2D eigenvalue weighted by molar-refractivity contribution is 9.10. The minimum Gasteiger partial charge on any atom is -0.326 e. The zero-order valence-corrected chi connectivity index (χ0v) is 12.0. The highest BCUT2D eigenvalue weighted by Crippen LogP contribution is 2.19. The number of carbonyl (C=O) groups is 1. The molecule has 0 fully saturated rings. The van der Waals surface area contributed by atoms with Crippen LogP contribution in [0.1, 0.15) is 6.92 Å². The molecule has 0 aliphatic rings. The summed E-state index contributed by atoms with van der Waals surface area (Å²) in [4.78, 5) is 11.6. The highest BCUT2D eigenvalue weighted by Gasteiger charge is 2.12. The van der Waals surface area contributed by atoms with E-state index in [0.29, 0.717) is 16.7 Å². The summed E-state index contributed by atoms with van der Waals surface area (Å²) in [5.41, 5.74) is 0.466. The molecule has 0 spiro atoms. The molecule has 1 atom stereocenters. The molecule has 0 aliphatic heterocycles. The maximum atomic E-state index is 13.2. The van der Waals surface area contributed by atoms with E-state index in [-0.39, 0.29) is 30.0 Å². The number of anilines is 1. The first-order chi connectivity index (χ1) is 7.54. The van der Waals surface area contributed by atoms with Crippen LogP contribution in [-0.4, -0.2) is 19.5 Å². The fourth-order valence-electron chi connectivity index (χ4n) is 1.24. The van der Waals surface area contributed by atoms with Crippen molar-refractivity contribution in [2.45, 2.75) is 6.92 Å². The van der Waals surface area contributed by atoms with Gasteiger partial charge in [-0.2, -0.15) is 0 Å². The van der Waals surface area contributed by atoms with Crippen LogP contribution in [0.5, 0.6) is 0 Å². The SMILES string of the molecule is CNCC(C)C(=O)Nc1ccc(Br)c(F)c1.Cl. The molecule has 0 heterocycles. The summed E-state index contributed by atoms with van der Waals surface area (Å²) in [7, 11) is 1.78. The third kappa shape index (κ3) is 5.02. The van der Waals surface area contributed by atoms with E-state index in [1.807, 2.05) is 0 Å². The largest absolute Gasteiger partial charge is 0.326 e. The van der Waals surface area contributed by atoms with Gasteiger partial charge in [-0.25, -0.2) is 4.39 Å². The maximum absolute atomic E-state index is 13.2. The summed E-state index contributed by atoms with van der Waals surface area (Å²) in [6.45, 7) is 2.39. The van der Waals surface area contributed by atoms with E-state index in [1.54, 1.807) is 26.1 Å². The molecule has 1 amide bonds. The topological polar surface area (TPSA) is 41.1 Å². The van der Waals surface area contributed by atoms with Crippen molar-refractivity contribution in [1.29, 1.82) is 0 Å². The van der Waals surface area contributed by atoms with E-state index < -0.39 is 0 Å². The average Bonchev–Trinajstić information content (AvgIpc) is 2.24. The van der Waals surface area contributed by atoms with E-state index in [0.717, 1.165) is 0 Å². The van der Waals surface area contributed by atoms with Gasteiger partial charge in [-0.1, -0.05) is 6.92 Å². The van der Waals surface area contributed by atoms with Crippen LogP contribution in [0.2, 0.25) is 0 Å². The third-order valence-electron chi connectivity index (χ3n) is 2.15. The molecule has 17 heavy (non-hydrogen) atoms. The van der Waals surface area contributed by atoms with Crippen molar-refractivity contribution in [2.75, 3.05) is 18.9 Å². The Bertz CT molecular complexity index is 390. The lowest BCUT2D eigenvalue weighted by molar-refractivity contribution is -0.119. The van der Waals surface area contributed by atoms with Crippen LogP contribution < -0.4 is 10.6 Å². The van der Waals surface area contributed by atoms with Gasteiger partial charge in [-0.3, -0.25) is 4.79 Å². The Morgan fingerprint density at radius 3 is 2.71 bits per heavy atom. The van der Waals surface area contributed by atoms with Gasteiger partial charge in [0.05, 0.1) is 4.47 Å². The van der Waals surface area contributed by atoms with Crippen molar-refractivity contribution in [2.24, 2.45) is 5.92 Å². The van der Waals surface area contributed by atoms with Crippen molar-refractivity contribution in [3.8, 4) is 0 Å². The Morgan fingerprint density at radius 1 is 1.53 bits per heavy atom. The van der Waals surface area contributed by atoms with Crippen LogP contribution in [0.4, 0.5) is 10.1 Å². The number of nitrogens with one attached hydrogen (secondary N) is 2. The Morgan fingerprint density at radius 2 is 2.18 bits per heavy atom. The lowest BCUT2D eigenvalue weighted by Gasteiger charge is -2.11. The lowest BCUT2D eigenvalue weighted by atomic mass is 10.1. The molecule has 1 rings (SSSR count). The average molecular weight is 326 g/mol. The van der Waals surface area contributed by atoms with E-state index in [9.17, 15) is 9.18 Å². The van der Waals surface area contributed by atoms with Crippen LogP contribution in [0.25, 0.3) is 0 Å². The number of benzene rings is 1. The summed E-state index contributed by atoms with van der Waals surface area (Å²) >= 11 is 3.05. The Balaban J connectivity index is 0.00000256. The normalized spacial score (nSPS) is 11.5. The predicted octanol–water partition coefficient (Wildman–Crippen LogP) is 2.80. The Hall–Kier alpha value is -0.650. The number of amides is 1. The molecule has 96 valence electrons. The molecule has 1 aromatic rings. The minimum absolute atomic E-state index is 0. The number of hydrogen-bond donors (Lipinski definition) is 2. The van der Waals surface area contributed by atoms with Gasteiger partial charge in [0.2, 0.25) is 5.91 Å². The molecule has 1 aromatic carbocycles. The van der Waals surface area contributed by atoms with E-state index in [2.05, 4.69) is 26.6 Å². The van der Waals surface area contributed by atoms with Crippen LogP contribution in [0, 0.1) is 11.7 Å². The van der Waals surface area contributed by atoms with Crippen LogP contribution in [-0.2, 0) is 4.79 Å². The first-order valence-electron chi connectivity index (χ1n) is 4.95. The zero-order valence-electron chi connectivity index (χ0n) is 9.59. The first-order valence-corrected chi connectivity index (χ1v) is 5.74. The van der Waals surface area contributed by atoms with Crippen molar-refractivity contribution in [1.82, 2.24) is 5.32 Å². The molecule has 6 heteroatoms. The zero-order chi connectivity index (χ0) is 12.1. The second kappa shape index (κ2) is 7.63. The second-order valence-corrected chi connectivity index (χ2v) is 4.43. The molecule has 3 nitrogen and oxygen atoms in total. The molecular formula is C11H15BrClFN2O. The minimum atomic E-state index is -0.390. The molecule has 1 unspecified atom stereocenters. The van der Waals surface area contributed by atoms with Gasteiger partial charge in [0, 0.05) is 18.2 Å². The van der Waals surface area contributed by atoms with Crippen LogP contribution in [0.15, 0.2) is 22.7 Å². The van der Waals surface area contributed by atoms with E-state index in [1.165, 1.54) is 6.07 Å². The number of halogens is 3. The summed E-state index contributed by atoms with van der Waals surface area (Å²) in [5.74, 6) is -0.674. The fraction of sp³-hybridized carbons (Fsp3) is 0.364. The standard InChI is InChI=1S/C11H14BrFN2O.ClH/c1-7(6-14-2)11(16)15-8-3-4-9(12)10(13)5-8;/h3-5,7,14H,6H2,1-2H3,(H,15,16);1H. The maximum Gasteiger partial charge on any atom is 0.228 e. The third-order valence-corrected chi connectivity index (χ3v) is 2.79. The van der Waals surface area contributed by atoms with E-state index in [4.69, 9.17) is 0 Å². The highest BCUT2D eigenvalue weighted by atomic mass is 79.9. The first kappa shape index (κ1) is 16.4. The molecule has 2 N–H and O–H groups in total. The lowest BCUT2D eigenvalue weighted by Crippen LogP contribution is -2.28. The van der Waals surface area contributed by atoms with Crippen LogP contribution >= 0.6 is 28.3 Å². The van der Waals surface area contributed by atoms with Crippen molar-refractivity contribution < 1.29 is 9.18 Å². The summed E-state index contributed by atoms with van der Waals surface area (Å²) in [6, 6.07) is 4.50. The molecule has 0 bridgehead atoms. The van der Waals surface area contributed by atoms with Gasteiger partial charge >= 0.3 is 0 Å². The predicted molar refractivity (Wildman–Crippen MR) is 73.1 cm³/mol.